The van der Waals surface area contributed by atoms with Gasteiger partial charge in [0, 0.05) is 18.5 Å². The number of carbonyl (C=O) groups excluding carboxylic acids is 1. The van der Waals surface area contributed by atoms with Crippen molar-refractivity contribution in [1.82, 2.24) is 0 Å². The van der Waals surface area contributed by atoms with Crippen LogP contribution in [0.5, 0.6) is 0 Å². The molecule has 0 radical (unpaired) electrons. The Labute approximate surface area is 153 Å². The number of carbonyl (C=O) groups is 1. The number of allylic oxidation sites excluding steroid dienone is 2. The third kappa shape index (κ3) is 5.08. The highest BCUT2D eigenvalue weighted by Gasteiger charge is 2.31. The number of Topliss-reactive ketones (excluding diaryl/α,β-unsaturated/α-hetero) is 1. The molecule has 1 atom stereocenters. The number of hydrogen-bond acceptors (Lipinski definition) is 6. The van der Waals surface area contributed by atoms with Crippen LogP contribution in [-0.4, -0.2) is 37.9 Å². The van der Waals surface area contributed by atoms with Crippen LogP contribution in [0, 0.1) is 0 Å². The van der Waals surface area contributed by atoms with E-state index in [1.54, 1.807) is 31.2 Å². The zero-order valence-corrected chi connectivity index (χ0v) is 16.0. The molecule has 1 unspecified atom stereocenters. The molecule has 1 aliphatic rings. The summed E-state index contributed by atoms with van der Waals surface area (Å²) in [6.07, 6.45) is 2.15. The first kappa shape index (κ1) is 20.0. The summed E-state index contributed by atoms with van der Waals surface area (Å²) in [6, 6.07) is 6.81. The third-order valence-electron chi connectivity index (χ3n) is 4.05. The van der Waals surface area contributed by atoms with Crippen molar-refractivity contribution in [3.63, 3.8) is 0 Å². The number of hydrogen-bond donors (Lipinski definition) is 2. The average molecular weight is 380 g/mol. The van der Waals surface area contributed by atoms with Crippen LogP contribution < -0.4 is 4.72 Å². The normalized spacial score (nSPS) is 18.8. The van der Waals surface area contributed by atoms with Gasteiger partial charge in [-0.25, -0.2) is 8.42 Å². The van der Waals surface area contributed by atoms with E-state index in [0.29, 0.717) is 30.8 Å². The lowest BCUT2D eigenvalue weighted by Gasteiger charge is -2.24. The van der Waals surface area contributed by atoms with E-state index < -0.39 is 10.0 Å². The van der Waals surface area contributed by atoms with Crippen LogP contribution in [0.4, 0.5) is 5.69 Å². The molecule has 0 fully saturated rings. The Kier molecular flexibility index (Phi) is 6.42. The predicted octanol–water partition coefficient (Wildman–Crippen LogP) is 3.12. The van der Waals surface area contributed by atoms with Crippen LogP contribution in [0.15, 0.2) is 40.8 Å². The van der Waals surface area contributed by atoms with E-state index in [-0.39, 0.29) is 29.5 Å². The fourth-order valence-corrected chi connectivity index (χ4v) is 3.49. The minimum absolute atomic E-state index is 0.0184. The lowest BCUT2D eigenvalue weighted by molar-refractivity contribution is -0.116. The van der Waals surface area contributed by atoms with E-state index in [2.05, 4.69) is 9.88 Å². The molecule has 2 N–H and O–H groups in total. The standard InChI is InChI=1S/C18H24N2O5S/c1-4-15(19-25-5-2)18-16(21)10-13(11-17(18)22)12-6-8-14(9-7-12)20-26(3,23)24/h6-9,13,20-21H,4-5,10-11H2,1-3H3. The van der Waals surface area contributed by atoms with Gasteiger partial charge in [0.1, 0.15) is 12.4 Å². The van der Waals surface area contributed by atoms with E-state index >= 15 is 0 Å². The number of aliphatic hydroxyl groups is 1. The molecule has 0 bridgehead atoms. The van der Waals surface area contributed by atoms with Crippen molar-refractivity contribution in [2.75, 3.05) is 17.6 Å². The molecule has 1 aromatic carbocycles. The second-order valence-electron chi connectivity index (χ2n) is 6.16. The molecule has 0 heterocycles. The maximum absolute atomic E-state index is 12.6. The molecule has 26 heavy (non-hydrogen) atoms. The van der Waals surface area contributed by atoms with Crippen LogP contribution in [0.1, 0.15) is 44.6 Å². The first-order chi connectivity index (χ1) is 12.2. The monoisotopic (exact) mass is 380 g/mol. The lowest BCUT2D eigenvalue weighted by atomic mass is 9.81. The van der Waals surface area contributed by atoms with Crippen molar-refractivity contribution >= 4 is 27.2 Å². The highest BCUT2D eigenvalue weighted by Crippen LogP contribution is 2.35. The Hall–Kier alpha value is -2.35. The van der Waals surface area contributed by atoms with Gasteiger partial charge in [0.2, 0.25) is 10.0 Å². The molecule has 0 saturated carbocycles. The van der Waals surface area contributed by atoms with Crippen LogP contribution >= 0.6 is 0 Å². The van der Waals surface area contributed by atoms with Gasteiger partial charge in [-0.15, -0.1) is 0 Å². The Morgan fingerprint density at radius 1 is 1.27 bits per heavy atom. The number of anilines is 1. The van der Waals surface area contributed by atoms with Gasteiger partial charge in [-0.3, -0.25) is 9.52 Å². The van der Waals surface area contributed by atoms with E-state index in [9.17, 15) is 18.3 Å². The molecular weight excluding hydrogens is 356 g/mol. The summed E-state index contributed by atoms with van der Waals surface area (Å²) in [5.41, 5.74) is 2.03. The van der Waals surface area contributed by atoms with Crippen molar-refractivity contribution in [1.29, 1.82) is 0 Å². The Balaban J connectivity index is 2.21. The van der Waals surface area contributed by atoms with Crippen LogP contribution in [-0.2, 0) is 19.7 Å². The number of nitrogens with zero attached hydrogens (tertiary/aromatic N) is 1. The van der Waals surface area contributed by atoms with Crippen molar-refractivity contribution in [2.45, 2.75) is 39.0 Å². The summed E-state index contributed by atoms with van der Waals surface area (Å²) in [5, 5.41) is 14.4. The third-order valence-corrected chi connectivity index (χ3v) is 4.66. The molecule has 1 aliphatic carbocycles. The molecule has 0 amide bonds. The van der Waals surface area contributed by atoms with Crippen molar-refractivity contribution in [3.05, 3.63) is 41.2 Å². The zero-order valence-electron chi connectivity index (χ0n) is 15.2. The fraction of sp³-hybridized carbons (Fsp3) is 0.444. The maximum Gasteiger partial charge on any atom is 0.229 e. The maximum atomic E-state index is 12.6. The summed E-state index contributed by atoms with van der Waals surface area (Å²) in [6.45, 7) is 4.04. The van der Waals surface area contributed by atoms with E-state index in [0.717, 1.165) is 11.8 Å². The van der Waals surface area contributed by atoms with Gasteiger partial charge < -0.3 is 9.94 Å². The van der Waals surface area contributed by atoms with Crippen LogP contribution in [0.3, 0.4) is 0 Å². The summed E-state index contributed by atoms with van der Waals surface area (Å²) in [7, 11) is -3.34. The smallest absolute Gasteiger partial charge is 0.229 e. The topological polar surface area (TPSA) is 105 Å². The number of sulfonamides is 1. The SMILES string of the molecule is CCON=C(CC)C1=C(O)CC(c2ccc(NS(C)(=O)=O)cc2)CC1=O. The van der Waals surface area contributed by atoms with Gasteiger partial charge in [0.15, 0.2) is 5.78 Å². The first-order valence-corrected chi connectivity index (χ1v) is 10.4. The summed E-state index contributed by atoms with van der Waals surface area (Å²) >= 11 is 0. The number of oxime groups is 1. The van der Waals surface area contributed by atoms with Gasteiger partial charge in [-0.05, 0) is 37.0 Å². The van der Waals surface area contributed by atoms with E-state index in [4.69, 9.17) is 4.84 Å². The second kappa shape index (κ2) is 8.35. The van der Waals surface area contributed by atoms with Crippen molar-refractivity contribution < 1.29 is 23.2 Å². The Morgan fingerprint density at radius 3 is 2.42 bits per heavy atom. The Morgan fingerprint density at radius 2 is 1.92 bits per heavy atom. The summed E-state index contributed by atoms with van der Waals surface area (Å²) < 4.78 is 24.9. The molecular formula is C18H24N2O5S. The number of nitrogens with one attached hydrogen (secondary N) is 1. The summed E-state index contributed by atoms with van der Waals surface area (Å²) in [5.74, 6) is -0.314. The van der Waals surface area contributed by atoms with E-state index in [1.165, 1.54) is 0 Å². The van der Waals surface area contributed by atoms with Gasteiger partial charge in [0.05, 0.1) is 17.5 Å². The van der Waals surface area contributed by atoms with Crippen molar-refractivity contribution in [3.8, 4) is 0 Å². The average Bonchev–Trinajstić information content (AvgIpc) is 2.56. The zero-order chi connectivity index (χ0) is 19.3. The molecule has 0 spiro atoms. The largest absolute Gasteiger partial charge is 0.511 e. The molecule has 8 heteroatoms. The molecule has 7 nitrogen and oxygen atoms in total. The van der Waals surface area contributed by atoms with E-state index in [1.807, 2.05) is 6.92 Å². The molecule has 2 rings (SSSR count). The molecule has 0 aliphatic heterocycles. The Bertz CT molecular complexity index is 826. The van der Waals surface area contributed by atoms with Gasteiger partial charge in [-0.2, -0.15) is 0 Å². The molecule has 0 aromatic heterocycles. The highest BCUT2D eigenvalue weighted by molar-refractivity contribution is 7.92. The molecule has 0 saturated heterocycles. The van der Waals surface area contributed by atoms with Crippen molar-refractivity contribution in [2.24, 2.45) is 5.16 Å². The molecule has 1 aromatic rings. The highest BCUT2D eigenvalue weighted by atomic mass is 32.2. The number of rotatable bonds is 7. The minimum Gasteiger partial charge on any atom is -0.511 e. The first-order valence-electron chi connectivity index (χ1n) is 8.47. The summed E-state index contributed by atoms with van der Waals surface area (Å²) in [4.78, 5) is 17.6. The molecule has 142 valence electrons. The van der Waals surface area contributed by atoms with Gasteiger partial charge >= 0.3 is 0 Å². The van der Waals surface area contributed by atoms with Crippen LogP contribution in [0.2, 0.25) is 0 Å². The quantitative estimate of drug-likeness (QED) is 0.558. The predicted molar refractivity (Wildman–Crippen MR) is 101 cm³/mol. The minimum atomic E-state index is -3.34. The van der Waals surface area contributed by atoms with Crippen LogP contribution in [0.25, 0.3) is 0 Å². The fourth-order valence-electron chi connectivity index (χ4n) is 2.92. The number of benzene rings is 1. The van der Waals surface area contributed by atoms with Gasteiger partial charge in [0.25, 0.3) is 0 Å². The second-order valence-corrected chi connectivity index (χ2v) is 7.90. The van der Waals surface area contributed by atoms with Gasteiger partial charge in [-0.1, -0.05) is 24.2 Å². The number of ketones is 1. The lowest BCUT2D eigenvalue weighted by Crippen LogP contribution is -2.23. The number of aliphatic hydroxyl groups excluding tert-OH is 1.